The minimum absolute atomic E-state index is 0.0592. The van der Waals surface area contributed by atoms with E-state index in [9.17, 15) is 24.3 Å². The van der Waals surface area contributed by atoms with Gasteiger partial charge >= 0.3 is 12.1 Å². The first-order valence-electron chi connectivity index (χ1n) is 11.6. The van der Waals surface area contributed by atoms with Crippen molar-refractivity contribution < 1.29 is 29.0 Å². The van der Waals surface area contributed by atoms with Gasteiger partial charge in [-0.3, -0.25) is 15.0 Å². The van der Waals surface area contributed by atoms with E-state index in [0.717, 1.165) is 27.3 Å². The number of carboxylic acids is 1. The Kier molecular flexibility index (Phi) is 5.98. The van der Waals surface area contributed by atoms with Gasteiger partial charge in [-0.05, 0) is 35.1 Å². The summed E-state index contributed by atoms with van der Waals surface area (Å²) in [7, 11) is 0. The molecule has 180 valence electrons. The van der Waals surface area contributed by atoms with Crippen molar-refractivity contribution in [2.45, 2.75) is 37.3 Å². The van der Waals surface area contributed by atoms with Crippen LogP contribution in [0.4, 0.5) is 4.79 Å². The zero-order chi connectivity index (χ0) is 24.5. The summed E-state index contributed by atoms with van der Waals surface area (Å²) in [6.07, 6.45) is 3.37. The number of alkyl carbamates (subject to hydrolysis) is 1. The average Bonchev–Trinajstić information content (AvgIpc) is 3.41. The first kappa shape index (κ1) is 22.6. The fraction of sp³-hybridized carbons (Fsp3) is 0.308. The van der Waals surface area contributed by atoms with Crippen LogP contribution in [0, 0.1) is 5.92 Å². The molecule has 3 aliphatic rings. The van der Waals surface area contributed by atoms with Gasteiger partial charge < -0.3 is 15.2 Å². The number of carboxylic acid groups (broad SMARTS) is 1. The number of aliphatic carboxylic acids is 1. The molecule has 0 saturated carbocycles. The van der Waals surface area contributed by atoms with E-state index in [1.54, 1.807) is 12.2 Å². The number of fused-ring (bicyclic) bond motifs is 3. The maximum atomic E-state index is 12.9. The van der Waals surface area contributed by atoms with E-state index in [4.69, 9.17) is 4.74 Å². The number of ether oxygens (including phenoxy) is 1. The predicted molar refractivity (Wildman–Crippen MR) is 125 cm³/mol. The van der Waals surface area contributed by atoms with Crippen molar-refractivity contribution in [2.75, 3.05) is 6.61 Å². The second kappa shape index (κ2) is 9.25. The molecular weight excluding hydrogens is 450 g/mol. The maximum Gasteiger partial charge on any atom is 0.407 e. The van der Waals surface area contributed by atoms with E-state index < -0.39 is 41.9 Å². The van der Waals surface area contributed by atoms with Crippen LogP contribution in [0.2, 0.25) is 0 Å². The number of hydrogen-bond donors (Lipinski definition) is 3. The topological polar surface area (TPSA) is 125 Å². The minimum atomic E-state index is -1.24. The number of hydrogen-bond acceptors (Lipinski definition) is 5. The third kappa shape index (κ3) is 4.37. The molecule has 0 spiro atoms. The summed E-state index contributed by atoms with van der Waals surface area (Å²) >= 11 is 0. The highest BCUT2D eigenvalue weighted by Crippen LogP contribution is 2.44. The SMILES string of the molecule is O=C1CC(C(=O)O)N(C(=O)[C@@H]2CC=C[C@@H](NC(=O)OCC3c4ccccc4-c4ccccc43)C2)N1. The second-order valence-corrected chi connectivity index (χ2v) is 8.97. The van der Waals surface area contributed by atoms with Crippen LogP contribution in [0.15, 0.2) is 60.7 Å². The van der Waals surface area contributed by atoms with Crippen molar-refractivity contribution in [3.05, 3.63) is 71.8 Å². The number of allylic oxidation sites excluding steroid dienone is 1. The number of nitrogens with zero attached hydrogens (tertiary/aromatic N) is 1. The summed E-state index contributed by atoms with van der Waals surface area (Å²) in [5.41, 5.74) is 6.85. The van der Waals surface area contributed by atoms with Crippen LogP contribution in [0.3, 0.4) is 0 Å². The normalized spacial score (nSPS) is 22.8. The van der Waals surface area contributed by atoms with Crippen molar-refractivity contribution in [1.29, 1.82) is 0 Å². The molecule has 3 amide bonds. The Bertz CT molecular complexity index is 1180. The molecule has 9 heteroatoms. The lowest BCUT2D eigenvalue weighted by molar-refractivity contribution is -0.152. The quantitative estimate of drug-likeness (QED) is 0.571. The highest BCUT2D eigenvalue weighted by Gasteiger charge is 2.42. The molecule has 5 rings (SSSR count). The van der Waals surface area contributed by atoms with Crippen LogP contribution in [0.5, 0.6) is 0 Å². The van der Waals surface area contributed by atoms with Gasteiger partial charge in [0.15, 0.2) is 6.04 Å². The fourth-order valence-corrected chi connectivity index (χ4v) is 5.12. The Morgan fingerprint density at radius 3 is 2.37 bits per heavy atom. The average molecular weight is 476 g/mol. The molecular formula is C26H25N3O6. The Balaban J connectivity index is 1.19. The lowest BCUT2D eigenvalue weighted by Crippen LogP contribution is -2.50. The summed E-state index contributed by atoms with van der Waals surface area (Å²) < 4.78 is 5.59. The molecule has 2 aliphatic carbocycles. The van der Waals surface area contributed by atoms with Gasteiger partial charge in [-0.15, -0.1) is 0 Å². The number of benzene rings is 2. The van der Waals surface area contributed by atoms with E-state index in [1.165, 1.54) is 0 Å². The van der Waals surface area contributed by atoms with Crippen molar-refractivity contribution in [3.8, 4) is 11.1 Å². The molecule has 3 atom stereocenters. The minimum Gasteiger partial charge on any atom is -0.480 e. The van der Waals surface area contributed by atoms with E-state index >= 15 is 0 Å². The fourth-order valence-electron chi connectivity index (χ4n) is 5.12. The van der Waals surface area contributed by atoms with Gasteiger partial charge in [0.05, 0.1) is 12.5 Å². The molecule has 1 saturated heterocycles. The third-order valence-corrected chi connectivity index (χ3v) is 6.78. The van der Waals surface area contributed by atoms with Crippen LogP contribution in [0.1, 0.15) is 36.3 Å². The van der Waals surface area contributed by atoms with Gasteiger partial charge in [-0.1, -0.05) is 60.7 Å². The molecule has 35 heavy (non-hydrogen) atoms. The summed E-state index contributed by atoms with van der Waals surface area (Å²) in [5.74, 6) is -2.86. The number of carbonyl (C=O) groups excluding carboxylic acids is 3. The zero-order valence-electron chi connectivity index (χ0n) is 18.8. The van der Waals surface area contributed by atoms with Gasteiger partial charge in [0.1, 0.15) is 6.61 Å². The molecule has 3 N–H and O–H groups in total. The number of rotatable bonds is 5. The Labute approximate surface area is 201 Å². The largest absolute Gasteiger partial charge is 0.480 e. The smallest absolute Gasteiger partial charge is 0.407 e. The Hall–Kier alpha value is -4.14. The number of hydrazine groups is 1. The molecule has 2 aromatic carbocycles. The van der Waals surface area contributed by atoms with Crippen molar-refractivity contribution in [1.82, 2.24) is 15.8 Å². The number of amides is 3. The lowest BCUT2D eigenvalue weighted by Gasteiger charge is -2.29. The van der Waals surface area contributed by atoms with Crippen molar-refractivity contribution in [2.24, 2.45) is 5.92 Å². The van der Waals surface area contributed by atoms with Crippen LogP contribution in [-0.2, 0) is 19.1 Å². The van der Waals surface area contributed by atoms with E-state index in [1.807, 2.05) is 36.4 Å². The summed E-state index contributed by atoms with van der Waals surface area (Å²) in [4.78, 5) is 48.6. The van der Waals surface area contributed by atoms with Gasteiger partial charge in [-0.2, -0.15) is 0 Å². The van der Waals surface area contributed by atoms with Crippen LogP contribution >= 0.6 is 0 Å². The van der Waals surface area contributed by atoms with E-state index in [2.05, 4.69) is 22.9 Å². The molecule has 1 fully saturated rings. The Morgan fingerprint density at radius 2 is 1.71 bits per heavy atom. The Morgan fingerprint density at radius 1 is 1.06 bits per heavy atom. The monoisotopic (exact) mass is 475 g/mol. The predicted octanol–water partition coefficient (Wildman–Crippen LogP) is 2.58. The molecule has 0 radical (unpaired) electrons. The molecule has 1 heterocycles. The van der Waals surface area contributed by atoms with Gasteiger partial charge in [0, 0.05) is 11.8 Å². The van der Waals surface area contributed by atoms with Crippen molar-refractivity contribution >= 4 is 23.9 Å². The highest BCUT2D eigenvalue weighted by molar-refractivity contribution is 5.94. The van der Waals surface area contributed by atoms with Crippen molar-refractivity contribution in [3.63, 3.8) is 0 Å². The third-order valence-electron chi connectivity index (χ3n) is 6.78. The maximum absolute atomic E-state index is 12.9. The summed E-state index contributed by atoms with van der Waals surface area (Å²) in [6, 6.07) is 14.5. The van der Waals surface area contributed by atoms with Gasteiger partial charge in [-0.25, -0.2) is 14.6 Å². The van der Waals surface area contributed by atoms with E-state index in [0.29, 0.717) is 6.42 Å². The molecule has 0 aromatic heterocycles. The van der Waals surface area contributed by atoms with Crippen LogP contribution in [0.25, 0.3) is 11.1 Å². The van der Waals surface area contributed by atoms with Gasteiger partial charge in [0.25, 0.3) is 0 Å². The number of nitrogens with one attached hydrogen (secondary N) is 2. The lowest BCUT2D eigenvalue weighted by atomic mass is 9.90. The number of carbonyl (C=O) groups is 4. The summed E-state index contributed by atoms with van der Waals surface area (Å²) in [6.45, 7) is 0.179. The zero-order valence-corrected chi connectivity index (χ0v) is 18.8. The second-order valence-electron chi connectivity index (χ2n) is 8.97. The first-order chi connectivity index (χ1) is 16.9. The molecule has 1 unspecified atom stereocenters. The molecule has 0 bridgehead atoms. The molecule has 9 nitrogen and oxygen atoms in total. The standard InChI is InChI=1S/C26H25N3O6/c30-23-13-22(25(32)33)29(28-23)24(31)15-6-5-7-16(12-15)27-26(34)35-14-21-19-10-3-1-8-17(19)18-9-2-4-11-20(18)21/h1-5,7-11,15-16,21-22H,6,12-14H2,(H,27,34)(H,28,30)(H,32,33)/t15-,16-,22?/m1/s1. The first-order valence-corrected chi connectivity index (χ1v) is 11.6. The molecule has 2 aromatic rings. The van der Waals surface area contributed by atoms with Crippen LogP contribution < -0.4 is 10.7 Å². The summed E-state index contributed by atoms with van der Waals surface area (Å²) in [5, 5.41) is 13.0. The molecule has 1 aliphatic heterocycles. The van der Waals surface area contributed by atoms with Crippen LogP contribution in [-0.4, -0.2) is 52.7 Å². The highest BCUT2D eigenvalue weighted by atomic mass is 16.5. The van der Waals surface area contributed by atoms with Gasteiger partial charge in [0.2, 0.25) is 11.8 Å². The van der Waals surface area contributed by atoms with E-state index in [-0.39, 0.29) is 25.4 Å².